The quantitative estimate of drug-likeness (QED) is 0.693. The summed E-state index contributed by atoms with van der Waals surface area (Å²) in [7, 11) is 0. The van der Waals surface area contributed by atoms with E-state index in [9.17, 15) is 9.59 Å². The largest absolute Gasteiger partial charge is 0.492 e. The van der Waals surface area contributed by atoms with Crippen molar-refractivity contribution < 1.29 is 9.53 Å². The normalized spacial score (nSPS) is 10.4. The van der Waals surface area contributed by atoms with Crippen LogP contribution < -0.4 is 15.6 Å². The Morgan fingerprint density at radius 2 is 2.17 bits per heavy atom. The summed E-state index contributed by atoms with van der Waals surface area (Å²) < 4.78 is 7.51. The lowest BCUT2D eigenvalue weighted by Crippen LogP contribution is -2.35. The summed E-state index contributed by atoms with van der Waals surface area (Å²) in [6.45, 7) is 2.53. The van der Waals surface area contributed by atoms with Crippen molar-refractivity contribution in [2.75, 3.05) is 13.2 Å². The van der Waals surface area contributed by atoms with E-state index in [0.29, 0.717) is 22.1 Å². The highest BCUT2D eigenvalue weighted by atomic mass is 79.9. The van der Waals surface area contributed by atoms with Gasteiger partial charge in [0.05, 0.1) is 17.2 Å². The van der Waals surface area contributed by atoms with E-state index in [1.165, 1.54) is 6.20 Å². The van der Waals surface area contributed by atoms with Gasteiger partial charge in [-0.15, -0.1) is 0 Å². The molecule has 1 aromatic carbocycles. The highest BCUT2D eigenvalue weighted by molar-refractivity contribution is 9.13. The molecular formula is C15H15Br2N3O3. The van der Waals surface area contributed by atoms with Crippen LogP contribution in [0.25, 0.3) is 0 Å². The Balaban J connectivity index is 1.80. The summed E-state index contributed by atoms with van der Waals surface area (Å²) in [5.74, 6) is 0.454. The van der Waals surface area contributed by atoms with Gasteiger partial charge < -0.3 is 10.1 Å². The molecule has 0 fully saturated rings. The van der Waals surface area contributed by atoms with Crippen LogP contribution in [0.2, 0.25) is 0 Å². The first kappa shape index (κ1) is 17.7. The van der Waals surface area contributed by atoms with Crippen molar-refractivity contribution in [3.63, 3.8) is 0 Å². The highest BCUT2D eigenvalue weighted by Gasteiger charge is 2.10. The van der Waals surface area contributed by atoms with E-state index in [2.05, 4.69) is 42.3 Å². The molecule has 122 valence electrons. The molecule has 0 atom stereocenters. The predicted molar refractivity (Wildman–Crippen MR) is 93.6 cm³/mol. The number of halogens is 2. The average molecular weight is 445 g/mol. The van der Waals surface area contributed by atoms with Gasteiger partial charge in [-0.2, -0.15) is 5.10 Å². The van der Waals surface area contributed by atoms with Gasteiger partial charge in [0, 0.05) is 0 Å². The lowest BCUT2D eigenvalue weighted by molar-refractivity contribution is -0.122. The molecule has 0 bridgehead atoms. The van der Waals surface area contributed by atoms with Gasteiger partial charge >= 0.3 is 0 Å². The number of hydrogen-bond acceptors (Lipinski definition) is 4. The third-order valence-corrected chi connectivity index (χ3v) is 4.82. The van der Waals surface area contributed by atoms with E-state index < -0.39 is 0 Å². The van der Waals surface area contributed by atoms with Gasteiger partial charge in [0.2, 0.25) is 5.91 Å². The minimum absolute atomic E-state index is 0.144. The molecule has 23 heavy (non-hydrogen) atoms. The van der Waals surface area contributed by atoms with E-state index >= 15 is 0 Å². The Kier molecular flexibility index (Phi) is 6.35. The lowest BCUT2D eigenvalue weighted by Gasteiger charge is -2.09. The van der Waals surface area contributed by atoms with Crippen molar-refractivity contribution in [3.05, 3.63) is 55.3 Å². The van der Waals surface area contributed by atoms with Crippen LogP contribution in [0.1, 0.15) is 5.56 Å². The summed E-state index contributed by atoms with van der Waals surface area (Å²) in [4.78, 5) is 23.7. The van der Waals surface area contributed by atoms with Crippen LogP contribution in [-0.2, 0) is 11.3 Å². The lowest BCUT2D eigenvalue weighted by atomic mass is 10.2. The number of benzene rings is 1. The van der Waals surface area contributed by atoms with Crippen LogP contribution in [0.5, 0.6) is 5.75 Å². The Morgan fingerprint density at radius 3 is 2.91 bits per heavy atom. The average Bonchev–Trinajstić information content (AvgIpc) is 2.52. The monoisotopic (exact) mass is 443 g/mol. The van der Waals surface area contributed by atoms with E-state index in [1.54, 1.807) is 0 Å². The van der Waals surface area contributed by atoms with Crippen LogP contribution in [0, 0.1) is 6.92 Å². The Labute approximate surface area is 150 Å². The first-order chi connectivity index (χ1) is 11.0. The summed E-state index contributed by atoms with van der Waals surface area (Å²) in [5.41, 5.74) is 0.739. The van der Waals surface area contributed by atoms with Gasteiger partial charge in [0.15, 0.2) is 0 Å². The van der Waals surface area contributed by atoms with Gasteiger partial charge in [-0.05, 0) is 56.5 Å². The van der Waals surface area contributed by atoms with Crippen LogP contribution in [0.4, 0.5) is 0 Å². The van der Waals surface area contributed by atoms with Gasteiger partial charge in [-0.25, -0.2) is 4.68 Å². The Hall–Kier alpha value is -1.67. The van der Waals surface area contributed by atoms with E-state index in [4.69, 9.17) is 4.74 Å². The fraction of sp³-hybridized carbons (Fsp3) is 0.267. The molecule has 0 aliphatic rings. The number of carbonyl (C=O) groups excluding carboxylic acids is 1. The maximum atomic E-state index is 11.9. The predicted octanol–water partition coefficient (Wildman–Crippen LogP) is 2.27. The van der Waals surface area contributed by atoms with E-state index in [-0.39, 0.29) is 18.0 Å². The van der Waals surface area contributed by atoms with Gasteiger partial charge in [0.25, 0.3) is 5.56 Å². The molecule has 1 N–H and O–H groups in total. The molecule has 0 saturated carbocycles. The summed E-state index contributed by atoms with van der Waals surface area (Å²) in [5, 5.41) is 6.59. The second-order valence-electron chi connectivity index (χ2n) is 4.78. The van der Waals surface area contributed by atoms with Gasteiger partial charge in [0.1, 0.15) is 23.4 Å². The number of nitrogens with zero attached hydrogens (tertiary/aromatic N) is 2. The molecule has 1 amide bonds. The van der Waals surface area contributed by atoms with Crippen LogP contribution in [-0.4, -0.2) is 28.8 Å². The van der Waals surface area contributed by atoms with Gasteiger partial charge in [-0.1, -0.05) is 12.1 Å². The number of nitrogens with one attached hydrogen (secondary N) is 1. The van der Waals surface area contributed by atoms with Crippen molar-refractivity contribution in [1.29, 1.82) is 0 Å². The van der Waals surface area contributed by atoms with Crippen molar-refractivity contribution >= 4 is 37.8 Å². The Bertz CT molecular complexity index is 762. The number of aryl methyl sites for hydroxylation is 1. The second kappa shape index (κ2) is 8.26. The van der Waals surface area contributed by atoms with E-state index in [1.807, 2.05) is 31.2 Å². The molecule has 0 aliphatic heterocycles. The van der Waals surface area contributed by atoms with Crippen molar-refractivity contribution in [3.8, 4) is 5.75 Å². The van der Waals surface area contributed by atoms with E-state index in [0.717, 1.165) is 16.0 Å². The van der Waals surface area contributed by atoms with Crippen molar-refractivity contribution in [1.82, 2.24) is 15.1 Å². The maximum Gasteiger partial charge on any atom is 0.282 e. The number of ether oxygens (including phenoxy) is 1. The molecule has 2 rings (SSSR count). The first-order valence-electron chi connectivity index (χ1n) is 6.84. The summed E-state index contributed by atoms with van der Waals surface area (Å²) in [6, 6.07) is 7.67. The topological polar surface area (TPSA) is 73.2 Å². The van der Waals surface area contributed by atoms with Crippen molar-refractivity contribution in [2.45, 2.75) is 13.5 Å². The van der Waals surface area contributed by atoms with Gasteiger partial charge in [-0.3, -0.25) is 9.59 Å². The van der Waals surface area contributed by atoms with Crippen LogP contribution in [0.15, 0.2) is 44.2 Å². The molecule has 0 unspecified atom stereocenters. The molecular weight excluding hydrogens is 430 g/mol. The smallest absolute Gasteiger partial charge is 0.282 e. The third-order valence-electron chi connectivity index (χ3n) is 2.92. The molecule has 2 aromatic rings. The maximum absolute atomic E-state index is 11.9. The number of aromatic nitrogens is 2. The molecule has 1 heterocycles. The number of rotatable bonds is 6. The fourth-order valence-electron chi connectivity index (χ4n) is 1.81. The highest BCUT2D eigenvalue weighted by Crippen LogP contribution is 2.16. The summed E-state index contributed by atoms with van der Waals surface area (Å²) in [6.07, 6.45) is 1.46. The zero-order chi connectivity index (χ0) is 16.8. The Morgan fingerprint density at radius 1 is 1.39 bits per heavy atom. The molecule has 8 heteroatoms. The molecule has 1 aromatic heterocycles. The fourth-order valence-corrected chi connectivity index (χ4v) is 2.38. The minimum atomic E-state index is -0.370. The number of carbonyl (C=O) groups is 1. The SMILES string of the molecule is Cc1cccc(OCCNC(=O)Cn2ncc(Br)c(Br)c2=O)c1. The molecule has 6 nitrogen and oxygen atoms in total. The molecule has 0 spiro atoms. The standard InChI is InChI=1S/C15H15Br2N3O3/c1-10-3-2-4-11(7-10)23-6-5-18-13(21)9-20-15(22)14(17)12(16)8-19-20/h2-4,7-8H,5-6,9H2,1H3,(H,18,21). The molecule has 0 aliphatic carbocycles. The minimum Gasteiger partial charge on any atom is -0.492 e. The zero-order valence-electron chi connectivity index (χ0n) is 12.4. The van der Waals surface area contributed by atoms with Crippen LogP contribution >= 0.6 is 31.9 Å². The van der Waals surface area contributed by atoms with Crippen molar-refractivity contribution in [2.24, 2.45) is 0 Å². The number of amides is 1. The number of hydrogen-bond donors (Lipinski definition) is 1. The summed E-state index contributed by atoms with van der Waals surface area (Å²) >= 11 is 6.33. The molecule has 0 radical (unpaired) electrons. The van der Waals surface area contributed by atoms with Crippen LogP contribution in [0.3, 0.4) is 0 Å². The molecule has 0 saturated heterocycles. The first-order valence-corrected chi connectivity index (χ1v) is 8.43. The zero-order valence-corrected chi connectivity index (χ0v) is 15.6. The second-order valence-corrected chi connectivity index (χ2v) is 6.43. The third kappa shape index (κ3) is 5.18.